The van der Waals surface area contributed by atoms with Crippen molar-refractivity contribution >= 4 is 77.2 Å². The van der Waals surface area contributed by atoms with Gasteiger partial charge in [0.25, 0.3) is 0 Å². The van der Waals surface area contributed by atoms with E-state index in [2.05, 4.69) is 226 Å². The number of anilines is 3. The van der Waals surface area contributed by atoms with Gasteiger partial charge in [-0.05, 0) is 82.9 Å². The predicted molar refractivity (Wildman–Crippen MR) is 245 cm³/mol. The van der Waals surface area contributed by atoms with Gasteiger partial charge in [-0.15, -0.1) is 0 Å². The van der Waals surface area contributed by atoms with Crippen molar-refractivity contribution in [3.05, 3.63) is 212 Å². The van der Waals surface area contributed by atoms with Crippen LogP contribution in [0.4, 0.5) is 17.1 Å². The van der Waals surface area contributed by atoms with Crippen molar-refractivity contribution in [1.82, 2.24) is 18.9 Å². The summed E-state index contributed by atoms with van der Waals surface area (Å²) >= 11 is 0. The zero-order chi connectivity index (χ0) is 38.9. The molecule has 59 heavy (non-hydrogen) atoms. The van der Waals surface area contributed by atoms with Gasteiger partial charge >= 0.3 is 0 Å². The van der Waals surface area contributed by atoms with Crippen molar-refractivity contribution in [2.24, 2.45) is 0 Å². The molecular weight excluding hydrogens is 719 g/mol. The molecule has 0 atom stereocenters. The molecular formula is C54H35N5. The third-order valence-electron chi connectivity index (χ3n) is 11.7. The van der Waals surface area contributed by atoms with E-state index in [1.165, 1.54) is 22.3 Å². The van der Waals surface area contributed by atoms with Gasteiger partial charge in [-0.25, -0.2) is 9.97 Å². The van der Waals surface area contributed by atoms with E-state index >= 15 is 0 Å². The zero-order valence-electron chi connectivity index (χ0n) is 31.9. The first-order valence-corrected chi connectivity index (χ1v) is 20.0. The lowest BCUT2D eigenvalue weighted by atomic mass is 9.99. The molecule has 9 aromatic carbocycles. The monoisotopic (exact) mass is 753 g/mol. The quantitative estimate of drug-likeness (QED) is 0.170. The maximum atomic E-state index is 5.46. The lowest BCUT2D eigenvalue weighted by Gasteiger charge is -2.27. The van der Waals surface area contributed by atoms with Crippen LogP contribution >= 0.6 is 0 Å². The average Bonchev–Trinajstić information content (AvgIpc) is 3.87. The maximum absolute atomic E-state index is 5.46. The molecule has 0 amide bonds. The molecule has 0 aliphatic rings. The summed E-state index contributed by atoms with van der Waals surface area (Å²) in [5.74, 6) is 0.809. The van der Waals surface area contributed by atoms with Crippen LogP contribution in [0.5, 0.6) is 0 Å². The summed E-state index contributed by atoms with van der Waals surface area (Å²) in [6.07, 6.45) is 0. The third-order valence-corrected chi connectivity index (χ3v) is 11.7. The van der Waals surface area contributed by atoms with Gasteiger partial charge in [-0.3, -0.25) is 8.97 Å². The van der Waals surface area contributed by atoms with Crippen LogP contribution in [0.3, 0.4) is 0 Å². The number of aromatic nitrogens is 4. The summed E-state index contributed by atoms with van der Waals surface area (Å²) < 4.78 is 4.59. The molecule has 5 heteroatoms. The van der Waals surface area contributed by atoms with Gasteiger partial charge in [0.2, 0.25) is 5.95 Å². The predicted octanol–water partition coefficient (Wildman–Crippen LogP) is 14.1. The highest BCUT2D eigenvalue weighted by atomic mass is 15.2. The van der Waals surface area contributed by atoms with Crippen LogP contribution in [-0.2, 0) is 0 Å². The molecule has 3 aromatic heterocycles. The maximum Gasteiger partial charge on any atom is 0.221 e. The second-order valence-corrected chi connectivity index (χ2v) is 15.0. The lowest BCUT2D eigenvalue weighted by molar-refractivity contribution is 0.981. The van der Waals surface area contributed by atoms with Crippen molar-refractivity contribution in [2.75, 3.05) is 4.90 Å². The van der Waals surface area contributed by atoms with E-state index in [9.17, 15) is 0 Å². The average molecular weight is 754 g/mol. The molecule has 0 aliphatic carbocycles. The van der Waals surface area contributed by atoms with Gasteiger partial charge < -0.3 is 4.90 Å². The standard InChI is InChI=1S/C54H35N5/c1-3-15-36(16-4-1)37-27-29-38(30-28-37)39-31-33-41(34-32-39)57(40-17-5-2-6-18-40)51-35-46-43-20-10-13-25-49(43)58(52(46)44-21-8-7-19-42(44)51)54-56-47-23-11-9-22-45(47)53-55-48-24-12-14-26-50(48)59(53)54/h1-35H. The number of hydrogen-bond acceptors (Lipinski definition) is 3. The van der Waals surface area contributed by atoms with Gasteiger partial charge in [-0.2, -0.15) is 0 Å². The Hall–Kier alpha value is -8.02. The Morgan fingerprint density at radius 3 is 1.58 bits per heavy atom. The Balaban J connectivity index is 1.09. The number of benzene rings is 9. The van der Waals surface area contributed by atoms with E-state index in [1.54, 1.807) is 0 Å². The van der Waals surface area contributed by atoms with Crippen LogP contribution in [0, 0.1) is 0 Å². The SMILES string of the molecule is c1ccc(-c2ccc(-c3ccc(N(c4ccccc4)c4cc5c6ccccc6n(-c6nc7ccccc7c7nc8ccccc8n67)c5c5ccccc45)cc3)cc2)cc1. The van der Waals surface area contributed by atoms with Crippen molar-refractivity contribution in [2.45, 2.75) is 0 Å². The fraction of sp³-hybridized carbons (Fsp3) is 0. The van der Waals surface area contributed by atoms with Gasteiger partial charge in [0.05, 0.1) is 33.3 Å². The van der Waals surface area contributed by atoms with Gasteiger partial charge in [-0.1, -0.05) is 152 Å². The molecule has 5 nitrogen and oxygen atoms in total. The number of fused-ring (bicyclic) bond motifs is 10. The number of imidazole rings is 1. The first kappa shape index (κ1) is 33.2. The zero-order valence-corrected chi connectivity index (χ0v) is 31.9. The smallest absolute Gasteiger partial charge is 0.221 e. The van der Waals surface area contributed by atoms with Crippen LogP contribution < -0.4 is 4.90 Å². The molecule has 0 spiro atoms. The first-order valence-electron chi connectivity index (χ1n) is 20.0. The normalized spacial score (nSPS) is 11.7. The van der Waals surface area contributed by atoms with Crippen LogP contribution in [0.2, 0.25) is 0 Å². The summed E-state index contributed by atoms with van der Waals surface area (Å²) in [7, 11) is 0. The minimum atomic E-state index is 0.809. The molecule has 0 saturated carbocycles. The van der Waals surface area contributed by atoms with Crippen molar-refractivity contribution in [1.29, 1.82) is 0 Å². The molecule has 0 fully saturated rings. The number of para-hydroxylation sites is 5. The minimum Gasteiger partial charge on any atom is -0.310 e. The molecule has 0 aliphatic heterocycles. The van der Waals surface area contributed by atoms with Gasteiger partial charge in [0.15, 0.2) is 0 Å². The van der Waals surface area contributed by atoms with E-state index in [-0.39, 0.29) is 0 Å². The summed E-state index contributed by atoms with van der Waals surface area (Å²) in [5.41, 5.74) is 14.0. The Labute approximate surface area is 340 Å². The highest BCUT2D eigenvalue weighted by Gasteiger charge is 2.24. The van der Waals surface area contributed by atoms with E-state index < -0.39 is 0 Å². The van der Waals surface area contributed by atoms with Gasteiger partial charge in [0, 0.05) is 38.3 Å². The Morgan fingerprint density at radius 2 is 0.864 bits per heavy atom. The fourth-order valence-corrected chi connectivity index (χ4v) is 8.97. The fourth-order valence-electron chi connectivity index (χ4n) is 8.97. The summed E-state index contributed by atoms with van der Waals surface area (Å²) in [4.78, 5) is 13.0. The summed E-state index contributed by atoms with van der Waals surface area (Å²) in [6.45, 7) is 0. The minimum absolute atomic E-state index is 0.809. The molecule has 12 aromatic rings. The highest BCUT2D eigenvalue weighted by molar-refractivity contribution is 6.22. The van der Waals surface area contributed by atoms with E-state index in [1.807, 2.05) is 0 Å². The molecule has 0 unspecified atom stereocenters. The molecule has 12 rings (SSSR count). The Kier molecular flexibility index (Phi) is 7.47. The van der Waals surface area contributed by atoms with Crippen LogP contribution in [-0.4, -0.2) is 18.9 Å². The molecule has 276 valence electrons. The number of rotatable bonds is 6. The van der Waals surface area contributed by atoms with Crippen molar-refractivity contribution in [3.8, 4) is 28.2 Å². The molecule has 0 bridgehead atoms. The van der Waals surface area contributed by atoms with Crippen molar-refractivity contribution < 1.29 is 0 Å². The Morgan fingerprint density at radius 1 is 0.356 bits per heavy atom. The van der Waals surface area contributed by atoms with E-state index in [0.29, 0.717) is 0 Å². The van der Waals surface area contributed by atoms with E-state index in [0.717, 1.165) is 83.2 Å². The first-order chi connectivity index (χ1) is 29.3. The topological polar surface area (TPSA) is 38.4 Å². The van der Waals surface area contributed by atoms with Crippen LogP contribution in [0.15, 0.2) is 212 Å². The summed E-state index contributed by atoms with van der Waals surface area (Å²) in [5, 5.41) is 5.61. The number of hydrogen-bond donors (Lipinski definition) is 0. The third kappa shape index (κ3) is 5.25. The van der Waals surface area contributed by atoms with Crippen LogP contribution in [0.25, 0.3) is 88.4 Å². The second-order valence-electron chi connectivity index (χ2n) is 15.0. The molecule has 3 heterocycles. The molecule has 0 N–H and O–H groups in total. The van der Waals surface area contributed by atoms with E-state index in [4.69, 9.17) is 9.97 Å². The van der Waals surface area contributed by atoms with Crippen LogP contribution in [0.1, 0.15) is 0 Å². The lowest BCUT2D eigenvalue weighted by Crippen LogP contribution is -2.11. The second kappa shape index (κ2) is 13.3. The summed E-state index contributed by atoms with van der Waals surface area (Å²) in [6, 6.07) is 75.6. The largest absolute Gasteiger partial charge is 0.310 e. The van der Waals surface area contributed by atoms with Gasteiger partial charge in [0.1, 0.15) is 5.65 Å². The molecule has 0 radical (unpaired) electrons. The Bertz CT molecular complexity index is 3530. The number of nitrogens with zero attached hydrogens (tertiary/aromatic N) is 5. The van der Waals surface area contributed by atoms with Crippen molar-refractivity contribution in [3.63, 3.8) is 0 Å². The molecule has 0 saturated heterocycles. The highest BCUT2D eigenvalue weighted by Crippen LogP contribution is 2.46.